The number of terminal acetylenes is 1. The van der Waals surface area contributed by atoms with Crippen LogP contribution in [-0.4, -0.2) is 189 Å². The molecule has 1 atom stereocenters. The predicted octanol–water partition coefficient (Wildman–Crippen LogP) is -1.79. The fraction of sp³-hybridized carbons (Fsp3) is 0.676. The number of nitrogens with one attached hydrogen (secondary N) is 1. The van der Waals surface area contributed by atoms with Crippen LogP contribution >= 0.6 is 12.4 Å². The third-order valence-corrected chi connectivity index (χ3v) is 9.72. The second-order valence-corrected chi connectivity index (χ2v) is 14.5. The molecule has 0 aliphatic carbocycles. The smallest absolute Gasteiger partial charge is 0.247 e. The monoisotopic (exact) mass is 873 g/mol. The number of rotatable bonds is 24. The van der Waals surface area contributed by atoms with Crippen LogP contribution in [-0.2, 0) is 43.2 Å². The zero-order valence-corrected chi connectivity index (χ0v) is 35.9. The van der Waals surface area contributed by atoms with Crippen LogP contribution in [0.1, 0.15) is 37.7 Å². The maximum Gasteiger partial charge on any atom is 0.247 e. The molecule has 2 saturated heterocycles. The van der Waals surface area contributed by atoms with E-state index in [2.05, 4.69) is 36.9 Å². The highest BCUT2D eigenvalue weighted by Crippen LogP contribution is 2.24. The quantitative estimate of drug-likeness (QED) is 0.0335. The number of aryl methyl sites for hydroxylation is 1. The Balaban J connectivity index is 0.00000819. The van der Waals surface area contributed by atoms with Gasteiger partial charge in [0.2, 0.25) is 29.7 Å². The van der Waals surface area contributed by atoms with Crippen molar-refractivity contribution in [1.82, 2.24) is 54.7 Å². The number of carbonyl (C=O) groups excluding carboxylic acids is 2. The second kappa shape index (κ2) is 25.4. The molecule has 0 aromatic carbocycles. The Hall–Kier alpha value is -5.41. The van der Waals surface area contributed by atoms with Crippen molar-refractivity contribution in [3.05, 3.63) is 23.8 Å². The van der Waals surface area contributed by atoms with Gasteiger partial charge in [-0.3, -0.25) is 14.6 Å². The topological polar surface area (TPSA) is 272 Å². The van der Waals surface area contributed by atoms with Gasteiger partial charge in [0.05, 0.1) is 44.4 Å². The highest BCUT2D eigenvalue weighted by Gasteiger charge is 2.33. The van der Waals surface area contributed by atoms with Crippen molar-refractivity contribution in [2.75, 3.05) is 127 Å². The first kappa shape index (κ1) is 48.3. The Morgan fingerprint density at radius 2 is 1.46 bits per heavy atom. The van der Waals surface area contributed by atoms with Crippen molar-refractivity contribution >= 4 is 48.0 Å². The van der Waals surface area contributed by atoms with Gasteiger partial charge in [0.25, 0.3) is 0 Å². The molecule has 0 saturated carbocycles. The molecule has 2 aliphatic rings. The minimum absolute atomic E-state index is 0. The van der Waals surface area contributed by atoms with Crippen LogP contribution in [0.2, 0.25) is 0 Å². The van der Waals surface area contributed by atoms with Gasteiger partial charge in [-0.1, -0.05) is 30.2 Å². The molecule has 5 rings (SSSR count). The Morgan fingerprint density at radius 3 is 2.08 bits per heavy atom. The SMILES string of the molecule is C#CCOCCOCCOCCNc1nc(N2CCN(C(=O)Cn3cc(CCCN=C(N)N)nn3)CC2)nc(N2CCN(C(=O)[C@H](C(C)C)n3cc(CCO)nn3)CC2)n1.Cl. The van der Waals surface area contributed by atoms with E-state index < -0.39 is 6.04 Å². The van der Waals surface area contributed by atoms with Crippen LogP contribution in [0.5, 0.6) is 0 Å². The number of nitrogens with two attached hydrogens (primary N) is 2. The summed E-state index contributed by atoms with van der Waals surface area (Å²) >= 11 is 0. The molecule has 3 aromatic rings. The molecule has 2 fully saturated rings. The minimum Gasteiger partial charge on any atom is -0.396 e. The first-order chi connectivity index (χ1) is 29.1. The second-order valence-electron chi connectivity index (χ2n) is 14.5. The number of aliphatic imine (C=N–C) groups is 1. The number of guanidine groups is 1. The van der Waals surface area contributed by atoms with Crippen LogP contribution in [0.25, 0.3) is 0 Å². The van der Waals surface area contributed by atoms with Gasteiger partial charge in [-0.2, -0.15) is 15.0 Å². The zero-order chi connectivity index (χ0) is 42.7. The molecular formula is C37H60ClN17O6. The Labute approximate surface area is 362 Å². The van der Waals surface area contributed by atoms with Gasteiger partial charge in [-0.15, -0.1) is 29.0 Å². The van der Waals surface area contributed by atoms with Gasteiger partial charge in [-0.05, 0) is 18.8 Å². The fourth-order valence-corrected chi connectivity index (χ4v) is 6.61. The molecule has 24 heteroatoms. The third-order valence-electron chi connectivity index (χ3n) is 9.72. The van der Waals surface area contributed by atoms with Crippen molar-refractivity contribution < 1.29 is 28.9 Å². The summed E-state index contributed by atoms with van der Waals surface area (Å²) in [4.78, 5) is 53.2. The summed E-state index contributed by atoms with van der Waals surface area (Å²) in [5.74, 6) is 3.70. The van der Waals surface area contributed by atoms with Crippen molar-refractivity contribution in [3.63, 3.8) is 0 Å². The number of aliphatic hydroxyl groups is 1. The summed E-state index contributed by atoms with van der Waals surface area (Å²) in [5, 5.41) is 29.2. The lowest BCUT2D eigenvalue weighted by molar-refractivity contribution is -0.137. The molecular weight excluding hydrogens is 814 g/mol. The third kappa shape index (κ3) is 15.2. The van der Waals surface area contributed by atoms with E-state index in [1.165, 1.54) is 0 Å². The Morgan fingerprint density at radius 1 is 0.852 bits per heavy atom. The van der Waals surface area contributed by atoms with Crippen molar-refractivity contribution in [1.29, 1.82) is 0 Å². The van der Waals surface area contributed by atoms with Gasteiger partial charge in [-0.25, -0.2) is 9.36 Å². The number of hydrogen-bond acceptors (Lipinski definition) is 17. The summed E-state index contributed by atoms with van der Waals surface area (Å²) in [6, 6.07) is -0.523. The number of aromatic nitrogens is 9. The first-order valence-electron chi connectivity index (χ1n) is 20.3. The van der Waals surface area contributed by atoms with E-state index in [4.69, 9.17) is 47.1 Å². The zero-order valence-electron chi connectivity index (χ0n) is 35.0. The highest BCUT2D eigenvalue weighted by atomic mass is 35.5. The van der Waals surface area contributed by atoms with Crippen molar-refractivity contribution in [2.45, 2.75) is 45.7 Å². The largest absolute Gasteiger partial charge is 0.396 e. The molecule has 23 nitrogen and oxygen atoms in total. The number of halogens is 1. The fourth-order valence-electron chi connectivity index (χ4n) is 6.61. The van der Waals surface area contributed by atoms with E-state index in [0.717, 1.165) is 5.69 Å². The summed E-state index contributed by atoms with van der Waals surface area (Å²) in [7, 11) is 0. The van der Waals surface area contributed by atoms with Crippen LogP contribution in [0, 0.1) is 18.3 Å². The number of anilines is 3. The molecule has 3 aromatic heterocycles. The van der Waals surface area contributed by atoms with E-state index in [-0.39, 0.29) is 55.9 Å². The highest BCUT2D eigenvalue weighted by molar-refractivity contribution is 5.85. The molecule has 0 radical (unpaired) electrons. The molecule has 336 valence electrons. The number of hydrogen-bond donors (Lipinski definition) is 4. The van der Waals surface area contributed by atoms with E-state index in [0.29, 0.717) is 141 Å². The molecule has 6 N–H and O–H groups in total. The van der Waals surface area contributed by atoms with Gasteiger partial charge < -0.3 is 55.7 Å². The number of amides is 2. The summed E-state index contributed by atoms with van der Waals surface area (Å²) in [6.45, 7) is 11.2. The summed E-state index contributed by atoms with van der Waals surface area (Å²) in [6.07, 6.45) is 10.4. The van der Waals surface area contributed by atoms with Crippen molar-refractivity contribution in [2.24, 2.45) is 22.4 Å². The maximum atomic E-state index is 13.8. The predicted molar refractivity (Wildman–Crippen MR) is 228 cm³/mol. The standard InChI is InChI=1S/C37H59N17O6.ClH/c1-4-19-58-21-23-60-24-22-59-20-9-41-35-42-36(51-14-10-49(11-15-51)31(56)27-53-25-29(45-47-53)6-5-8-40-34(38)39)44-37(43-35)52-16-12-50(13-17-52)33(57)32(28(2)3)54-26-30(7-18-55)46-48-54;/h1,25-26,28,32,55H,5-24,27H2,2-3H3,(H4,38,39,40)(H,41,42,43,44);1H/t32-;/m0./s1. The normalized spacial score (nSPS) is 14.7. The molecule has 61 heavy (non-hydrogen) atoms. The van der Waals surface area contributed by atoms with E-state index in [1.807, 2.05) is 28.5 Å². The first-order valence-corrected chi connectivity index (χ1v) is 20.3. The number of nitrogens with zero attached hydrogens (tertiary/aromatic N) is 14. The van der Waals surface area contributed by atoms with E-state index in [9.17, 15) is 14.7 Å². The molecule has 2 aliphatic heterocycles. The van der Waals surface area contributed by atoms with Crippen LogP contribution in [0.4, 0.5) is 17.8 Å². The Kier molecular flexibility index (Phi) is 20.1. The van der Waals surface area contributed by atoms with E-state index in [1.54, 1.807) is 26.7 Å². The molecule has 2 amide bonds. The number of ether oxygens (including phenoxy) is 3. The van der Waals surface area contributed by atoms with Crippen LogP contribution < -0.4 is 26.6 Å². The van der Waals surface area contributed by atoms with E-state index >= 15 is 0 Å². The van der Waals surface area contributed by atoms with Crippen LogP contribution in [0.3, 0.4) is 0 Å². The van der Waals surface area contributed by atoms with Crippen molar-refractivity contribution in [3.8, 4) is 12.3 Å². The average Bonchev–Trinajstić information content (AvgIpc) is 3.90. The lowest BCUT2D eigenvalue weighted by atomic mass is 10.0. The summed E-state index contributed by atoms with van der Waals surface area (Å²) in [5.41, 5.74) is 12.2. The molecule has 0 spiro atoms. The maximum absolute atomic E-state index is 13.8. The van der Waals surface area contributed by atoms with Gasteiger partial charge in [0.1, 0.15) is 19.2 Å². The Bertz CT molecular complexity index is 1850. The van der Waals surface area contributed by atoms with Crippen LogP contribution in [0.15, 0.2) is 17.4 Å². The van der Waals surface area contributed by atoms with Gasteiger partial charge in [0.15, 0.2) is 5.96 Å². The lowest BCUT2D eigenvalue weighted by Gasteiger charge is -2.38. The lowest BCUT2D eigenvalue weighted by Crippen LogP contribution is -2.52. The number of carbonyl (C=O) groups is 2. The van der Waals surface area contributed by atoms with Gasteiger partial charge in [0, 0.05) is 90.9 Å². The summed E-state index contributed by atoms with van der Waals surface area (Å²) < 4.78 is 19.6. The van der Waals surface area contributed by atoms with Gasteiger partial charge >= 0.3 is 0 Å². The molecule has 5 heterocycles. The molecule has 0 unspecified atom stereocenters. The number of piperazine rings is 2. The minimum atomic E-state index is -0.523. The number of aliphatic hydroxyl groups excluding tert-OH is 1. The molecule has 0 bridgehead atoms. The average molecular weight is 874 g/mol.